The molecule has 0 spiro atoms. The fraction of sp³-hybridized carbons (Fsp3) is 0.286. The van der Waals surface area contributed by atoms with E-state index in [1.165, 1.54) is 17.7 Å². The van der Waals surface area contributed by atoms with Gasteiger partial charge in [-0.05, 0) is 68.7 Å². The molecule has 2 aromatic rings. The van der Waals surface area contributed by atoms with Crippen LogP contribution in [-0.2, 0) is 9.59 Å². The second-order valence-corrected chi connectivity index (χ2v) is 7.47. The average molecular weight is 395 g/mol. The SMILES string of the molecule is COc1cccc(N2C(=O)/C(=C/c3cc(C)n(C4CC4)c3C)C(=O)NC2=S)c1. The summed E-state index contributed by atoms with van der Waals surface area (Å²) in [5.74, 6) is -0.327. The molecule has 144 valence electrons. The third kappa shape index (κ3) is 3.11. The lowest BCUT2D eigenvalue weighted by Gasteiger charge is -2.29. The van der Waals surface area contributed by atoms with Crippen molar-refractivity contribution in [3.63, 3.8) is 0 Å². The van der Waals surface area contributed by atoms with E-state index in [0.717, 1.165) is 17.0 Å². The first-order valence-electron chi connectivity index (χ1n) is 9.14. The van der Waals surface area contributed by atoms with E-state index in [1.807, 2.05) is 19.9 Å². The van der Waals surface area contributed by atoms with Crippen LogP contribution in [0.5, 0.6) is 5.75 Å². The Labute approximate surface area is 168 Å². The van der Waals surface area contributed by atoms with Crippen LogP contribution < -0.4 is 15.0 Å². The van der Waals surface area contributed by atoms with Crippen LogP contribution in [0.2, 0.25) is 0 Å². The van der Waals surface area contributed by atoms with Crippen molar-refractivity contribution in [2.24, 2.45) is 0 Å². The quantitative estimate of drug-likeness (QED) is 0.490. The van der Waals surface area contributed by atoms with Crippen LogP contribution in [0, 0.1) is 13.8 Å². The van der Waals surface area contributed by atoms with Crippen molar-refractivity contribution < 1.29 is 14.3 Å². The Morgan fingerprint density at radius 2 is 1.96 bits per heavy atom. The van der Waals surface area contributed by atoms with Crippen molar-refractivity contribution in [1.29, 1.82) is 0 Å². The number of aromatic nitrogens is 1. The van der Waals surface area contributed by atoms with E-state index in [4.69, 9.17) is 17.0 Å². The molecular weight excluding hydrogens is 374 g/mol. The lowest BCUT2D eigenvalue weighted by molar-refractivity contribution is -0.122. The largest absolute Gasteiger partial charge is 0.497 e. The summed E-state index contributed by atoms with van der Waals surface area (Å²) in [6.45, 7) is 4.07. The van der Waals surface area contributed by atoms with Gasteiger partial charge in [-0.1, -0.05) is 6.07 Å². The molecule has 2 fully saturated rings. The second kappa shape index (κ2) is 6.91. The molecule has 1 aromatic carbocycles. The molecule has 1 saturated carbocycles. The summed E-state index contributed by atoms with van der Waals surface area (Å²) in [5, 5.41) is 2.68. The number of ether oxygens (including phenoxy) is 1. The molecule has 1 aliphatic carbocycles. The lowest BCUT2D eigenvalue weighted by atomic mass is 10.1. The van der Waals surface area contributed by atoms with Gasteiger partial charge >= 0.3 is 0 Å². The topological polar surface area (TPSA) is 63.6 Å². The van der Waals surface area contributed by atoms with Crippen LogP contribution in [0.4, 0.5) is 5.69 Å². The van der Waals surface area contributed by atoms with Gasteiger partial charge < -0.3 is 9.30 Å². The van der Waals surface area contributed by atoms with E-state index in [-0.39, 0.29) is 10.7 Å². The number of anilines is 1. The molecule has 2 heterocycles. The van der Waals surface area contributed by atoms with Gasteiger partial charge in [-0.15, -0.1) is 0 Å². The minimum atomic E-state index is -0.481. The molecule has 1 aliphatic heterocycles. The summed E-state index contributed by atoms with van der Waals surface area (Å²) in [6, 6.07) is 9.56. The highest BCUT2D eigenvalue weighted by Gasteiger charge is 2.35. The van der Waals surface area contributed by atoms with E-state index in [2.05, 4.69) is 9.88 Å². The van der Waals surface area contributed by atoms with Crippen molar-refractivity contribution in [2.45, 2.75) is 32.7 Å². The number of nitrogens with one attached hydrogen (secondary N) is 1. The van der Waals surface area contributed by atoms with Crippen LogP contribution in [0.1, 0.15) is 35.8 Å². The Hall–Kier alpha value is -2.93. The van der Waals surface area contributed by atoms with Crippen molar-refractivity contribution in [1.82, 2.24) is 9.88 Å². The van der Waals surface area contributed by atoms with Gasteiger partial charge in [0.25, 0.3) is 11.8 Å². The number of carbonyl (C=O) groups excluding carboxylic acids is 2. The Morgan fingerprint density at radius 1 is 1.21 bits per heavy atom. The number of methoxy groups -OCH3 is 1. The first kappa shape index (κ1) is 18.4. The zero-order valence-electron chi connectivity index (χ0n) is 16.0. The van der Waals surface area contributed by atoms with Crippen LogP contribution >= 0.6 is 12.2 Å². The second-order valence-electron chi connectivity index (χ2n) is 7.09. The molecule has 0 radical (unpaired) electrons. The number of aryl methyl sites for hydroxylation is 1. The number of hydrogen-bond acceptors (Lipinski definition) is 4. The Bertz CT molecular complexity index is 1030. The van der Waals surface area contributed by atoms with Crippen LogP contribution in [0.3, 0.4) is 0 Å². The Kier molecular flexibility index (Phi) is 4.55. The number of thiocarbonyl (C=S) groups is 1. The number of nitrogens with zero attached hydrogens (tertiary/aromatic N) is 2. The zero-order chi connectivity index (χ0) is 20.0. The third-order valence-electron chi connectivity index (χ3n) is 5.15. The smallest absolute Gasteiger partial charge is 0.270 e. The summed E-state index contributed by atoms with van der Waals surface area (Å²) < 4.78 is 7.51. The third-order valence-corrected chi connectivity index (χ3v) is 5.43. The molecule has 0 bridgehead atoms. The summed E-state index contributed by atoms with van der Waals surface area (Å²) >= 11 is 5.25. The van der Waals surface area contributed by atoms with Gasteiger partial charge in [-0.2, -0.15) is 0 Å². The molecule has 2 amide bonds. The number of rotatable bonds is 4. The highest BCUT2D eigenvalue weighted by atomic mass is 32.1. The molecule has 6 nitrogen and oxygen atoms in total. The van der Waals surface area contributed by atoms with Crippen LogP contribution in [0.25, 0.3) is 6.08 Å². The minimum Gasteiger partial charge on any atom is -0.497 e. The molecule has 7 heteroatoms. The molecule has 1 saturated heterocycles. The molecule has 2 aliphatic rings. The van der Waals surface area contributed by atoms with E-state index in [0.29, 0.717) is 17.5 Å². The molecule has 28 heavy (non-hydrogen) atoms. The zero-order valence-corrected chi connectivity index (χ0v) is 16.8. The maximum absolute atomic E-state index is 13.2. The molecule has 1 aromatic heterocycles. The average Bonchev–Trinajstić information content (AvgIpc) is 3.44. The van der Waals surface area contributed by atoms with Gasteiger partial charge in [0.15, 0.2) is 5.11 Å². The van der Waals surface area contributed by atoms with E-state index in [1.54, 1.807) is 37.5 Å². The summed E-state index contributed by atoms with van der Waals surface area (Å²) in [6.07, 6.45) is 4.00. The monoisotopic (exact) mass is 395 g/mol. The predicted molar refractivity (Wildman–Crippen MR) is 111 cm³/mol. The standard InChI is InChI=1S/C21H21N3O3S/c1-12-9-14(13(2)23(12)15-7-8-15)10-18-19(25)22-21(28)24(20(18)26)16-5-4-6-17(11-16)27-3/h4-6,9-11,15H,7-8H2,1-3H3,(H,22,25,28)/b18-10+. The Balaban J connectivity index is 1.74. The summed E-state index contributed by atoms with van der Waals surface area (Å²) in [7, 11) is 1.55. The minimum absolute atomic E-state index is 0.0591. The molecule has 1 N–H and O–H groups in total. The molecular formula is C21H21N3O3S. The summed E-state index contributed by atoms with van der Waals surface area (Å²) in [4.78, 5) is 27.0. The fourth-order valence-electron chi connectivity index (χ4n) is 3.64. The van der Waals surface area contributed by atoms with E-state index < -0.39 is 11.8 Å². The van der Waals surface area contributed by atoms with E-state index in [9.17, 15) is 9.59 Å². The van der Waals surface area contributed by atoms with Crippen LogP contribution in [-0.4, -0.2) is 28.6 Å². The molecule has 0 unspecified atom stereocenters. The van der Waals surface area contributed by atoms with Crippen molar-refractivity contribution >= 4 is 40.9 Å². The summed E-state index contributed by atoms with van der Waals surface area (Å²) in [5.41, 5.74) is 3.68. The maximum Gasteiger partial charge on any atom is 0.270 e. The van der Waals surface area contributed by atoms with Gasteiger partial charge in [0.2, 0.25) is 0 Å². The van der Waals surface area contributed by atoms with Gasteiger partial charge in [0, 0.05) is 23.5 Å². The highest BCUT2D eigenvalue weighted by molar-refractivity contribution is 7.80. The van der Waals surface area contributed by atoms with Gasteiger partial charge in [0.05, 0.1) is 12.8 Å². The predicted octanol–water partition coefficient (Wildman–Crippen LogP) is 3.28. The number of carbonyl (C=O) groups is 2. The van der Waals surface area contributed by atoms with Crippen molar-refractivity contribution in [3.05, 3.63) is 52.9 Å². The van der Waals surface area contributed by atoms with E-state index >= 15 is 0 Å². The number of hydrogen-bond donors (Lipinski definition) is 1. The molecule has 0 atom stereocenters. The van der Waals surface area contributed by atoms with Gasteiger partial charge in [-0.3, -0.25) is 19.8 Å². The van der Waals surface area contributed by atoms with Crippen molar-refractivity contribution in [3.8, 4) is 5.75 Å². The molecule has 4 rings (SSSR count). The number of amides is 2. The van der Waals surface area contributed by atoms with Gasteiger partial charge in [-0.25, -0.2) is 0 Å². The highest BCUT2D eigenvalue weighted by Crippen LogP contribution is 2.39. The van der Waals surface area contributed by atoms with Gasteiger partial charge in [0.1, 0.15) is 11.3 Å². The maximum atomic E-state index is 13.2. The Morgan fingerprint density at radius 3 is 2.64 bits per heavy atom. The fourth-order valence-corrected chi connectivity index (χ4v) is 3.92. The lowest BCUT2D eigenvalue weighted by Crippen LogP contribution is -2.54. The first-order chi connectivity index (χ1) is 13.4. The first-order valence-corrected chi connectivity index (χ1v) is 9.55. The van der Waals surface area contributed by atoms with Crippen LogP contribution in [0.15, 0.2) is 35.9 Å². The number of benzene rings is 1. The normalized spacial score (nSPS) is 18.6. The van der Waals surface area contributed by atoms with Crippen molar-refractivity contribution in [2.75, 3.05) is 12.0 Å².